The number of ether oxygens (including phenoxy) is 1. The number of amides is 1. The molecule has 0 fully saturated rings. The van der Waals surface area contributed by atoms with Crippen LogP contribution in [0.15, 0.2) is 46.9 Å². The number of para-hydroxylation sites is 2. The molecule has 1 unspecified atom stereocenters. The molecular weight excluding hydrogens is 364 g/mol. The van der Waals surface area contributed by atoms with E-state index in [4.69, 9.17) is 4.74 Å². The Labute approximate surface area is 141 Å². The van der Waals surface area contributed by atoms with Gasteiger partial charge in [0.2, 0.25) is 0 Å². The van der Waals surface area contributed by atoms with Crippen molar-refractivity contribution in [2.24, 2.45) is 0 Å². The first-order valence-corrected chi connectivity index (χ1v) is 7.65. The van der Waals surface area contributed by atoms with Crippen LogP contribution in [0.4, 0.5) is 11.4 Å². The number of anilines is 1. The maximum Gasteiger partial charge on any atom is 0.310 e. The molecule has 0 aromatic heterocycles. The van der Waals surface area contributed by atoms with E-state index in [1.165, 1.54) is 19.1 Å². The van der Waals surface area contributed by atoms with Crippen molar-refractivity contribution in [3.8, 4) is 5.75 Å². The Morgan fingerprint density at radius 3 is 2.65 bits per heavy atom. The van der Waals surface area contributed by atoms with Gasteiger partial charge in [-0.1, -0.05) is 18.2 Å². The van der Waals surface area contributed by atoms with Gasteiger partial charge in [0.25, 0.3) is 5.91 Å². The second-order valence-electron chi connectivity index (χ2n) is 4.96. The molecule has 0 saturated heterocycles. The van der Waals surface area contributed by atoms with Crippen molar-refractivity contribution in [2.75, 3.05) is 5.32 Å². The van der Waals surface area contributed by atoms with Crippen molar-refractivity contribution < 1.29 is 14.5 Å². The van der Waals surface area contributed by atoms with E-state index in [0.717, 1.165) is 10.0 Å². The Morgan fingerprint density at radius 2 is 2.00 bits per heavy atom. The normalized spacial score (nSPS) is 11.6. The van der Waals surface area contributed by atoms with Crippen LogP contribution in [0.25, 0.3) is 0 Å². The predicted octanol–water partition coefficient (Wildman–Crippen LogP) is 4.07. The zero-order valence-electron chi connectivity index (χ0n) is 12.6. The van der Waals surface area contributed by atoms with Crippen LogP contribution in [0.2, 0.25) is 0 Å². The van der Waals surface area contributed by atoms with Crippen molar-refractivity contribution in [1.29, 1.82) is 0 Å². The number of rotatable bonds is 5. The van der Waals surface area contributed by atoms with Crippen molar-refractivity contribution in [2.45, 2.75) is 20.0 Å². The molecule has 0 aliphatic heterocycles. The Bertz CT molecular complexity index is 749. The summed E-state index contributed by atoms with van der Waals surface area (Å²) in [5, 5.41) is 13.7. The molecule has 6 nitrogen and oxygen atoms in total. The third-order valence-electron chi connectivity index (χ3n) is 3.12. The Balaban J connectivity index is 2.10. The van der Waals surface area contributed by atoms with Crippen molar-refractivity contribution in [3.05, 3.63) is 62.6 Å². The zero-order chi connectivity index (χ0) is 17.0. The van der Waals surface area contributed by atoms with E-state index >= 15 is 0 Å². The van der Waals surface area contributed by atoms with E-state index in [-0.39, 0.29) is 11.4 Å². The highest BCUT2D eigenvalue weighted by atomic mass is 79.9. The van der Waals surface area contributed by atoms with Crippen LogP contribution in [0.3, 0.4) is 0 Å². The fourth-order valence-corrected chi connectivity index (χ4v) is 2.50. The summed E-state index contributed by atoms with van der Waals surface area (Å²) in [6.45, 7) is 3.48. The fraction of sp³-hybridized carbons (Fsp3) is 0.188. The molecule has 23 heavy (non-hydrogen) atoms. The number of halogens is 1. The number of hydrogen-bond acceptors (Lipinski definition) is 4. The van der Waals surface area contributed by atoms with Crippen molar-refractivity contribution >= 4 is 33.2 Å². The smallest absolute Gasteiger partial charge is 0.310 e. The highest BCUT2D eigenvalue weighted by Gasteiger charge is 2.21. The molecule has 2 rings (SSSR count). The summed E-state index contributed by atoms with van der Waals surface area (Å²) in [5.41, 5.74) is 1.49. The molecule has 1 N–H and O–H groups in total. The molecule has 120 valence electrons. The summed E-state index contributed by atoms with van der Waals surface area (Å²) in [6, 6.07) is 11.5. The quantitative estimate of drug-likeness (QED) is 0.627. The number of aryl methyl sites for hydroxylation is 1. The number of hydrogen-bond donors (Lipinski definition) is 1. The first-order chi connectivity index (χ1) is 10.9. The average Bonchev–Trinajstić information content (AvgIpc) is 2.50. The van der Waals surface area contributed by atoms with Gasteiger partial charge in [-0.05, 0) is 53.5 Å². The first-order valence-electron chi connectivity index (χ1n) is 6.85. The highest BCUT2D eigenvalue weighted by molar-refractivity contribution is 9.10. The molecule has 0 radical (unpaired) electrons. The SMILES string of the molecule is Cc1ccc(NC(=O)C(C)Oc2ccccc2[N+](=O)[O-])c(Br)c1. The number of nitrogens with zero attached hydrogens (tertiary/aromatic N) is 1. The molecule has 0 spiro atoms. The van der Waals surface area contributed by atoms with Gasteiger partial charge >= 0.3 is 5.69 Å². The lowest BCUT2D eigenvalue weighted by atomic mass is 10.2. The molecule has 0 saturated carbocycles. The second-order valence-corrected chi connectivity index (χ2v) is 5.81. The molecule has 7 heteroatoms. The monoisotopic (exact) mass is 378 g/mol. The van der Waals surface area contributed by atoms with Gasteiger partial charge in [0.05, 0.1) is 10.6 Å². The molecule has 0 heterocycles. The number of nitro groups is 1. The molecule has 1 amide bonds. The van der Waals surface area contributed by atoms with Gasteiger partial charge in [0.15, 0.2) is 11.9 Å². The van der Waals surface area contributed by atoms with E-state index in [2.05, 4.69) is 21.2 Å². The van der Waals surface area contributed by atoms with Crippen molar-refractivity contribution in [1.82, 2.24) is 0 Å². The number of nitro benzene ring substituents is 1. The van der Waals surface area contributed by atoms with Gasteiger partial charge in [0.1, 0.15) is 0 Å². The lowest BCUT2D eigenvalue weighted by Gasteiger charge is -2.15. The van der Waals surface area contributed by atoms with Gasteiger partial charge in [-0.2, -0.15) is 0 Å². The first kappa shape index (κ1) is 17.0. The Kier molecular flexibility index (Phi) is 5.33. The standard InChI is InChI=1S/C16H15BrN2O4/c1-10-7-8-13(12(17)9-10)18-16(20)11(2)23-15-6-4-3-5-14(15)19(21)22/h3-9,11H,1-2H3,(H,18,20). The Morgan fingerprint density at radius 1 is 1.30 bits per heavy atom. The molecule has 2 aromatic rings. The topological polar surface area (TPSA) is 81.5 Å². The lowest BCUT2D eigenvalue weighted by molar-refractivity contribution is -0.386. The molecular formula is C16H15BrN2O4. The van der Waals surface area contributed by atoms with E-state index < -0.39 is 16.9 Å². The molecule has 0 aliphatic carbocycles. The summed E-state index contributed by atoms with van der Waals surface area (Å²) >= 11 is 3.38. The minimum absolute atomic E-state index is 0.0584. The number of carbonyl (C=O) groups is 1. The van der Waals surface area contributed by atoms with Gasteiger partial charge in [-0.15, -0.1) is 0 Å². The summed E-state index contributed by atoms with van der Waals surface area (Å²) < 4.78 is 6.19. The molecule has 2 aromatic carbocycles. The van der Waals surface area contributed by atoms with E-state index in [1.54, 1.807) is 18.2 Å². The Hall–Kier alpha value is -2.41. The summed E-state index contributed by atoms with van der Waals surface area (Å²) in [6.07, 6.45) is -0.885. The number of benzene rings is 2. The van der Waals surface area contributed by atoms with E-state index in [0.29, 0.717) is 5.69 Å². The molecule has 0 aliphatic rings. The maximum absolute atomic E-state index is 12.2. The van der Waals surface area contributed by atoms with Crippen LogP contribution in [-0.4, -0.2) is 16.9 Å². The summed E-state index contributed by atoms with van der Waals surface area (Å²) in [5.74, 6) is -0.337. The van der Waals surface area contributed by atoms with Crippen LogP contribution < -0.4 is 10.1 Å². The summed E-state index contributed by atoms with van der Waals surface area (Å²) in [4.78, 5) is 22.6. The molecule has 1 atom stereocenters. The van der Waals surface area contributed by atoms with Crippen LogP contribution in [0.1, 0.15) is 12.5 Å². The minimum atomic E-state index is -0.885. The van der Waals surface area contributed by atoms with E-state index in [1.807, 2.05) is 19.1 Å². The summed E-state index contributed by atoms with van der Waals surface area (Å²) in [7, 11) is 0. The maximum atomic E-state index is 12.2. The zero-order valence-corrected chi connectivity index (χ0v) is 14.2. The van der Waals surface area contributed by atoms with Crippen LogP contribution >= 0.6 is 15.9 Å². The van der Waals surface area contributed by atoms with Gasteiger partial charge < -0.3 is 10.1 Å². The predicted molar refractivity (Wildman–Crippen MR) is 90.7 cm³/mol. The van der Waals surface area contributed by atoms with Gasteiger partial charge in [-0.25, -0.2) is 0 Å². The lowest BCUT2D eigenvalue weighted by Crippen LogP contribution is -2.30. The number of carbonyl (C=O) groups excluding carboxylic acids is 1. The third kappa shape index (κ3) is 4.29. The second kappa shape index (κ2) is 7.23. The average molecular weight is 379 g/mol. The minimum Gasteiger partial charge on any atom is -0.474 e. The van der Waals surface area contributed by atoms with Crippen molar-refractivity contribution in [3.63, 3.8) is 0 Å². The van der Waals surface area contributed by atoms with Crippen LogP contribution in [0, 0.1) is 17.0 Å². The third-order valence-corrected chi connectivity index (χ3v) is 3.77. The fourth-order valence-electron chi connectivity index (χ4n) is 1.91. The molecule has 0 bridgehead atoms. The van der Waals surface area contributed by atoms with Gasteiger partial charge in [-0.3, -0.25) is 14.9 Å². The highest BCUT2D eigenvalue weighted by Crippen LogP contribution is 2.27. The van der Waals surface area contributed by atoms with E-state index in [9.17, 15) is 14.9 Å². The van der Waals surface area contributed by atoms with Gasteiger partial charge in [0, 0.05) is 10.5 Å². The number of nitrogens with one attached hydrogen (secondary N) is 1. The largest absolute Gasteiger partial charge is 0.474 e. The van der Waals surface area contributed by atoms with Crippen LogP contribution in [-0.2, 0) is 4.79 Å². The van der Waals surface area contributed by atoms with Crippen LogP contribution in [0.5, 0.6) is 5.75 Å².